The Morgan fingerprint density at radius 2 is 2.05 bits per heavy atom. The number of likely N-dealkylation sites (tertiary alicyclic amines) is 1. The third-order valence-corrected chi connectivity index (χ3v) is 2.90. The summed E-state index contributed by atoms with van der Waals surface area (Å²) in [7, 11) is 0. The molecule has 0 radical (unpaired) electrons. The van der Waals surface area contributed by atoms with Crippen molar-refractivity contribution < 1.29 is 24.9 Å². The van der Waals surface area contributed by atoms with Gasteiger partial charge in [-0.15, -0.1) is 0 Å². The third-order valence-electron chi connectivity index (χ3n) is 2.90. The van der Waals surface area contributed by atoms with Gasteiger partial charge in [0.05, 0.1) is 11.7 Å². The lowest BCUT2D eigenvalue weighted by Gasteiger charge is -2.20. The number of hydrogen-bond donors (Lipinski definition) is 4. The number of nitrogens with zero attached hydrogens (tertiary/aromatic N) is 1. The number of aliphatic carboxylic acids is 1. The molecule has 4 N–H and O–H groups in total. The van der Waals surface area contributed by atoms with Crippen LogP contribution in [-0.4, -0.2) is 55.8 Å². The lowest BCUT2D eigenvalue weighted by Crippen LogP contribution is -2.40. The molecule has 19 heavy (non-hydrogen) atoms. The fourth-order valence-corrected chi connectivity index (χ4v) is 2.09. The van der Waals surface area contributed by atoms with E-state index in [1.807, 2.05) is 0 Å². The molecule has 1 aromatic heterocycles. The number of H-pyrrole nitrogens is 1. The molecule has 0 aliphatic carbocycles. The van der Waals surface area contributed by atoms with Crippen LogP contribution in [0.3, 0.4) is 0 Å². The maximum absolute atomic E-state index is 12.1. The summed E-state index contributed by atoms with van der Waals surface area (Å²) in [6.07, 6.45) is -0.975. The number of carboxylic acid groups (broad SMARTS) is 1. The van der Waals surface area contributed by atoms with Gasteiger partial charge in [-0.2, -0.15) is 0 Å². The van der Waals surface area contributed by atoms with Crippen LogP contribution in [0.5, 0.6) is 5.88 Å². The van der Waals surface area contributed by atoms with Crippen molar-refractivity contribution in [3.8, 4) is 5.88 Å². The number of aromatic amines is 1. The monoisotopic (exact) mass is 268 g/mol. The molecule has 2 rings (SSSR count). The summed E-state index contributed by atoms with van der Waals surface area (Å²) < 4.78 is 0. The Kier molecular flexibility index (Phi) is 3.26. The van der Waals surface area contributed by atoms with Crippen LogP contribution in [0.1, 0.15) is 16.8 Å². The highest BCUT2D eigenvalue weighted by Gasteiger charge is 2.39. The van der Waals surface area contributed by atoms with Crippen molar-refractivity contribution in [2.24, 2.45) is 0 Å². The van der Waals surface area contributed by atoms with Crippen LogP contribution < -0.4 is 5.56 Å². The molecule has 0 spiro atoms. The van der Waals surface area contributed by atoms with Gasteiger partial charge in [-0.25, -0.2) is 4.79 Å². The average molecular weight is 268 g/mol. The maximum atomic E-state index is 12.1. The highest BCUT2D eigenvalue weighted by atomic mass is 16.4. The predicted octanol–water partition coefficient (Wildman–Crippen LogP) is -1.26. The zero-order valence-electron chi connectivity index (χ0n) is 9.74. The van der Waals surface area contributed by atoms with E-state index in [9.17, 15) is 24.6 Å². The molecule has 1 fully saturated rings. The standard InChI is InChI=1S/C11H12N2O6/c14-6-3-7(11(18)19)13(4-6)10(17)5-1-8(15)12-9(16)2-5/h1-2,6-7,14H,3-4H2,(H,18,19)(H2,12,15,16)/t6-,7-/m0/s1. The summed E-state index contributed by atoms with van der Waals surface area (Å²) in [5, 5.41) is 27.7. The average Bonchev–Trinajstić information content (AvgIpc) is 2.69. The Balaban J connectivity index is 2.32. The number of aromatic nitrogens is 1. The Hall–Kier alpha value is -2.35. The maximum Gasteiger partial charge on any atom is 0.326 e. The van der Waals surface area contributed by atoms with Gasteiger partial charge in [-0.05, 0) is 0 Å². The number of β-amino-alcohol motifs (C(OH)–C–C–N with tert-alkyl or cyclic N) is 1. The fraction of sp³-hybridized carbons (Fsp3) is 0.364. The lowest BCUT2D eigenvalue weighted by molar-refractivity contribution is -0.141. The molecule has 1 amide bonds. The van der Waals surface area contributed by atoms with E-state index >= 15 is 0 Å². The molecule has 1 saturated heterocycles. The van der Waals surface area contributed by atoms with Gasteiger partial charge >= 0.3 is 5.97 Å². The van der Waals surface area contributed by atoms with Gasteiger partial charge in [-0.3, -0.25) is 14.6 Å². The minimum Gasteiger partial charge on any atom is -0.494 e. The molecule has 0 unspecified atom stereocenters. The molecule has 8 nitrogen and oxygen atoms in total. The lowest BCUT2D eigenvalue weighted by atomic mass is 10.2. The summed E-state index contributed by atoms with van der Waals surface area (Å²) in [6, 6.07) is 0.864. The first-order valence-electron chi connectivity index (χ1n) is 5.53. The first-order valence-corrected chi connectivity index (χ1v) is 5.53. The van der Waals surface area contributed by atoms with E-state index < -0.39 is 35.5 Å². The molecular weight excluding hydrogens is 256 g/mol. The molecule has 2 heterocycles. The highest BCUT2D eigenvalue weighted by Crippen LogP contribution is 2.21. The molecule has 8 heteroatoms. The van der Waals surface area contributed by atoms with E-state index in [1.54, 1.807) is 0 Å². The van der Waals surface area contributed by atoms with Crippen molar-refractivity contribution in [3.05, 3.63) is 28.0 Å². The second-order valence-corrected chi connectivity index (χ2v) is 4.32. The van der Waals surface area contributed by atoms with Crippen LogP contribution in [0.4, 0.5) is 0 Å². The largest absolute Gasteiger partial charge is 0.494 e. The number of carbonyl (C=O) groups is 2. The van der Waals surface area contributed by atoms with Crippen molar-refractivity contribution in [1.29, 1.82) is 0 Å². The van der Waals surface area contributed by atoms with Crippen LogP contribution in [0, 0.1) is 0 Å². The SMILES string of the molecule is O=C(O)[C@@H]1C[C@H](O)CN1C(=O)c1cc(O)[nH]c(=O)c1. The third kappa shape index (κ3) is 2.58. The number of pyridine rings is 1. The van der Waals surface area contributed by atoms with Crippen molar-refractivity contribution >= 4 is 11.9 Å². The number of rotatable bonds is 2. The number of aliphatic hydroxyl groups is 1. The van der Waals surface area contributed by atoms with E-state index in [2.05, 4.69) is 4.98 Å². The summed E-state index contributed by atoms with van der Waals surface area (Å²) in [6.45, 7) is -0.122. The summed E-state index contributed by atoms with van der Waals surface area (Å²) in [5.74, 6) is -2.42. The van der Waals surface area contributed by atoms with Gasteiger partial charge in [0.15, 0.2) is 5.88 Å². The molecule has 0 bridgehead atoms. The number of nitrogens with one attached hydrogen (secondary N) is 1. The van der Waals surface area contributed by atoms with Crippen molar-refractivity contribution in [2.45, 2.75) is 18.6 Å². The van der Waals surface area contributed by atoms with Crippen LogP contribution in [0.2, 0.25) is 0 Å². The summed E-state index contributed by atoms with van der Waals surface area (Å²) in [4.78, 5) is 37.3. The smallest absolute Gasteiger partial charge is 0.326 e. The molecule has 102 valence electrons. The Morgan fingerprint density at radius 3 is 2.63 bits per heavy atom. The zero-order valence-corrected chi connectivity index (χ0v) is 9.74. The number of hydrogen-bond acceptors (Lipinski definition) is 5. The van der Waals surface area contributed by atoms with E-state index in [0.717, 1.165) is 17.0 Å². The molecule has 0 saturated carbocycles. The molecule has 0 aromatic carbocycles. The Bertz CT molecular complexity index is 581. The zero-order chi connectivity index (χ0) is 14.2. The second-order valence-electron chi connectivity index (χ2n) is 4.32. The topological polar surface area (TPSA) is 131 Å². The van der Waals surface area contributed by atoms with E-state index in [-0.39, 0.29) is 18.5 Å². The predicted molar refractivity (Wildman–Crippen MR) is 61.8 cm³/mol. The minimum absolute atomic E-state index is 0.0593. The van der Waals surface area contributed by atoms with Crippen LogP contribution in [0.15, 0.2) is 16.9 Å². The normalized spacial score (nSPS) is 22.5. The van der Waals surface area contributed by atoms with E-state index in [0.29, 0.717) is 0 Å². The highest BCUT2D eigenvalue weighted by molar-refractivity contribution is 5.97. The van der Waals surface area contributed by atoms with Gasteiger partial charge < -0.3 is 20.2 Å². The molecule has 2 atom stereocenters. The van der Waals surface area contributed by atoms with E-state index in [4.69, 9.17) is 5.11 Å². The van der Waals surface area contributed by atoms with Crippen LogP contribution >= 0.6 is 0 Å². The van der Waals surface area contributed by atoms with Gasteiger partial charge in [-0.1, -0.05) is 0 Å². The van der Waals surface area contributed by atoms with Gasteiger partial charge in [0.1, 0.15) is 6.04 Å². The molecule has 1 aliphatic heterocycles. The van der Waals surface area contributed by atoms with E-state index in [1.165, 1.54) is 0 Å². The number of carboxylic acids is 1. The Labute approximate surface area is 106 Å². The summed E-state index contributed by atoms with van der Waals surface area (Å²) in [5.41, 5.74) is -0.795. The second kappa shape index (κ2) is 4.73. The quantitative estimate of drug-likeness (QED) is 0.529. The number of carbonyl (C=O) groups excluding carboxylic acids is 1. The van der Waals surface area contributed by atoms with Crippen LogP contribution in [0.25, 0.3) is 0 Å². The first kappa shape index (κ1) is 13.1. The minimum atomic E-state index is -1.22. The van der Waals surface area contributed by atoms with Crippen molar-refractivity contribution in [3.63, 3.8) is 0 Å². The first-order chi connectivity index (χ1) is 8.88. The van der Waals surface area contributed by atoms with Gasteiger partial charge in [0.2, 0.25) is 0 Å². The number of aliphatic hydroxyl groups excluding tert-OH is 1. The summed E-state index contributed by atoms with van der Waals surface area (Å²) >= 11 is 0. The molecular formula is C11H12N2O6. The number of amides is 1. The molecule has 1 aromatic rings. The molecule has 1 aliphatic rings. The van der Waals surface area contributed by atoms with Gasteiger partial charge in [0, 0.05) is 25.1 Å². The Morgan fingerprint density at radius 1 is 1.37 bits per heavy atom. The van der Waals surface area contributed by atoms with Crippen molar-refractivity contribution in [2.75, 3.05) is 6.54 Å². The van der Waals surface area contributed by atoms with Crippen LogP contribution in [-0.2, 0) is 4.79 Å². The van der Waals surface area contributed by atoms with Gasteiger partial charge in [0.25, 0.3) is 11.5 Å². The number of aromatic hydroxyl groups is 1. The fourth-order valence-electron chi connectivity index (χ4n) is 2.09. The van der Waals surface area contributed by atoms with Crippen molar-refractivity contribution in [1.82, 2.24) is 9.88 Å².